The molecule has 0 aliphatic carbocycles. The second-order valence-electron chi connectivity index (χ2n) is 14.7. The highest BCUT2D eigenvalue weighted by molar-refractivity contribution is 7.30. The molecular weight excluding hydrogens is 765 g/mol. The van der Waals surface area contributed by atoms with Gasteiger partial charge in [0.25, 0.3) is 0 Å². The number of para-hydroxylation sites is 1. The molecule has 58 heavy (non-hydrogen) atoms. The average molecular weight is 793 g/mol. The smallest absolute Gasteiger partial charge is 0.165 e. The number of aromatic nitrogens is 4. The van der Waals surface area contributed by atoms with E-state index in [4.69, 9.17) is 15.0 Å². The standard InChI is InChI=1S/C51H28N4S3/c1-3-13-29(14-4-1)49-52-50(30-15-5-2-6-16-30)54-51(53-49)38-28-31(27-37-45-43(58-46(37)38)26-24-35-33-18-9-12-22-42(33)57-48(35)45)55-39-20-10-7-19-36(39)44-40(55)25-23-34-32-17-8-11-21-41(32)56-47(34)44/h1-28H. The number of thiophene rings is 3. The first-order valence-corrected chi connectivity index (χ1v) is 21.7. The van der Waals surface area contributed by atoms with Crippen LogP contribution in [0.15, 0.2) is 170 Å². The van der Waals surface area contributed by atoms with Crippen molar-refractivity contribution in [1.82, 2.24) is 19.5 Å². The fraction of sp³-hybridized carbons (Fsp3) is 0. The monoisotopic (exact) mass is 792 g/mol. The molecule has 0 aliphatic rings. The van der Waals surface area contributed by atoms with Gasteiger partial charge in [-0.15, -0.1) is 34.0 Å². The molecule has 0 bridgehead atoms. The lowest BCUT2D eigenvalue weighted by Crippen LogP contribution is -2.01. The molecule has 7 heteroatoms. The Morgan fingerprint density at radius 3 is 1.55 bits per heavy atom. The van der Waals surface area contributed by atoms with Crippen molar-refractivity contribution in [2.24, 2.45) is 0 Å². The van der Waals surface area contributed by atoms with Crippen molar-refractivity contribution in [2.45, 2.75) is 0 Å². The van der Waals surface area contributed by atoms with E-state index in [0.717, 1.165) is 22.4 Å². The van der Waals surface area contributed by atoms with Crippen LogP contribution in [0.5, 0.6) is 0 Å². The molecule has 0 saturated heterocycles. The molecule has 270 valence electrons. The fourth-order valence-corrected chi connectivity index (χ4v) is 12.7. The van der Waals surface area contributed by atoms with Crippen LogP contribution in [0.25, 0.3) is 122 Å². The summed E-state index contributed by atoms with van der Waals surface area (Å²) in [5.74, 6) is 1.96. The molecule has 0 radical (unpaired) electrons. The predicted molar refractivity (Wildman–Crippen MR) is 249 cm³/mol. The lowest BCUT2D eigenvalue weighted by Gasteiger charge is -2.13. The normalized spacial score (nSPS) is 12.1. The zero-order chi connectivity index (χ0) is 37.9. The van der Waals surface area contributed by atoms with E-state index in [0.29, 0.717) is 17.5 Å². The van der Waals surface area contributed by atoms with Gasteiger partial charge < -0.3 is 4.57 Å². The van der Waals surface area contributed by atoms with Gasteiger partial charge in [0.15, 0.2) is 17.5 Å². The largest absolute Gasteiger partial charge is 0.309 e. The third-order valence-electron chi connectivity index (χ3n) is 11.4. The molecule has 13 aromatic rings. The zero-order valence-corrected chi connectivity index (χ0v) is 33.1. The van der Waals surface area contributed by atoms with Gasteiger partial charge in [-0.25, -0.2) is 15.0 Å². The third-order valence-corrected chi connectivity index (χ3v) is 15.1. The van der Waals surface area contributed by atoms with Gasteiger partial charge in [0.1, 0.15) is 0 Å². The van der Waals surface area contributed by atoms with Crippen molar-refractivity contribution in [3.63, 3.8) is 0 Å². The van der Waals surface area contributed by atoms with E-state index in [-0.39, 0.29) is 0 Å². The second kappa shape index (κ2) is 12.4. The highest BCUT2D eigenvalue weighted by Crippen LogP contribution is 2.49. The minimum Gasteiger partial charge on any atom is -0.309 e. The van der Waals surface area contributed by atoms with Crippen LogP contribution in [-0.4, -0.2) is 19.5 Å². The summed E-state index contributed by atoms with van der Waals surface area (Å²) >= 11 is 5.60. The predicted octanol–water partition coefficient (Wildman–Crippen LogP) is 15.1. The van der Waals surface area contributed by atoms with Crippen molar-refractivity contribution < 1.29 is 0 Å². The van der Waals surface area contributed by atoms with Gasteiger partial charge in [-0.2, -0.15) is 0 Å². The molecule has 0 fully saturated rings. The Hall–Kier alpha value is -6.77. The Morgan fingerprint density at radius 2 is 0.879 bits per heavy atom. The topological polar surface area (TPSA) is 43.6 Å². The fourth-order valence-electron chi connectivity index (χ4n) is 8.87. The number of benzene rings is 8. The summed E-state index contributed by atoms with van der Waals surface area (Å²) in [6, 6.07) is 60.9. The highest BCUT2D eigenvalue weighted by Gasteiger charge is 2.23. The van der Waals surface area contributed by atoms with Crippen molar-refractivity contribution in [3.8, 4) is 39.9 Å². The van der Waals surface area contributed by atoms with Crippen LogP contribution in [0, 0.1) is 0 Å². The van der Waals surface area contributed by atoms with E-state index < -0.39 is 0 Å². The van der Waals surface area contributed by atoms with Gasteiger partial charge in [0.2, 0.25) is 0 Å². The Kier molecular flexibility index (Phi) is 6.89. The van der Waals surface area contributed by atoms with E-state index in [9.17, 15) is 0 Å². The Balaban J connectivity index is 1.18. The Bertz CT molecular complexity index is 3740. The van der Waals surface area contributed by atoms with Crippen molar-refractivity contribution in [1.29, 1.82) is 0 Å². The van der Waals surface area contributed by atoms with Gasteiger partial charge in [-0.05, 0) is 42.5 Å². The summed E-state index contributed by atoms with van der Waals surface area (Å²) in [6.45, 7) is 0. The lowest BCUT2D eigenvalue weighted by atomic mass is 10.0. The molecule has 5 heterocycles. The molecule has 0 N–H and O–H groups in total. The molecular formula is C51H28N4S3. The Morgan fingerprint density at radius 1 is 0.345 bits per heavy atom. The van der Waals surface area contributed by atoms with E-state index in [2.05, 4.69) is 138 Å². The quantitative estimate of drug-likeness (QED) is 0.178. The summed E-state index contributed by atoms with van der Waals surface area (Å²) < 4.78 is 10.1. The molecule has 4 nitrogen and oxygen atoms in total. The SMILES string of the molecule is c1ccc(-c2nc(-c3ccccc3)nc(-c3cc(-n4c5ccccc5c5c6sc7ccccc7c6ccc54)cc4c3sc3ccc5c6ccccc6sc5c34)n2)cc1. The maximum atomic E-state index is 5.31. The van der Waals surface area contributed by atoms with Crippen LogP contribution < -0.4 is 0 Å². The molecule has 8 aromatic carbocycles. The summed E-state index contributed by atoms with van der Waals surface area (Å²) in [4.78, 5) is 15.7. The van der Waals surface area contributed by atoms with Crippen LogP contribution in [0.4, 0.5) is 0 Å². The van der Waals surface area contributed by atoms with Crippen LogP contribution in [0.3, 0.4) is 0 Å². The summed E-state index contributed by atoms with van der Waals surface area (Å²) in [5, 5.41) is 10.2. The van der Waals surface area contributed by atoms with Gasteiger partial charge in [0.05, 0.1) is 11.0 Å². The number of hydrogen-bond donors (Lipinski definition) is 0. The minimum absolute atomic E-state index is 0.653. The van der Waals surface area contributed by atoms with Crippen LogP contribution in [0.2, 0.25) is 0 Å². The van der Waals surface area contributed by atoms with E-state index in [1.165, 1.54) is 82.3 Å². The summed E-state index contributed by atoms with van der Waals surface area (Å²) in [7, 11) is 0. The van der Waals surface area contributed by atoms with Crippen LogP contribution in [0.1, 0.15) is 0 Å². The number of rotatable bonds is 4. The van der Waals surface area contributed by atoms with Crippen molar-refractivity contribution in [2.75, 3.05) is 0 Å². The van der Waals surface area contributed by atoms with Crippen LogP contribution >= 0.6 is 34.0 Å². The molecule has 13 rings (SSSR count). The van der Waals surface area contributed by atoms with E-state index >= 15 is 0 Å². The molecule has 0 aliphatic heterocycles. The average Bonchev–Trinajstić information content (AvgIpc) is 4.05. The number of nitrogens with zero attached hydrogens (tertiary/aromatic N) is 4. The molecule has 0 saturated carbocycles. The summed E-state index contributed by atoms with van der Waals surface area (Å²) in [5.41, 5.74) is 6.33. The summed E-state index contributed by atoms with van der Waals surface area (Å²) in [6.07, 6.45) is 0. The first-order valence-electron chi connectivity index (χ1n) is 19.3. The molecule has 5 aromatic heterocycles. The lowest BCUT2D eigenvalue weighted by molar-refractivity contribution is 1.07. The minimum atomic E-state index is 0.653. The second-order valence-corrected chi connectivity index (χ2v) is 17.9. The van der Waals surface area contributed by atoms with E-state index in [1.54, 1.807) is 0 Å². The maximum Gasteiger partial charge on any atom is 0.165 e. The maximum absolute atomic E-state index is 5.31. The molecule has 0 spiro atoms. The van der Waals surface area contributed by atoms with Gasteiger partial charge in [0, 0.05) is 93.7 Å². The molecule has 0 atom stereocenters. The highest BCUT2D eigenvalue weighted by atomic mass is 32.1. The number of hydrogen-bond acceptors (Lipinski definition) is 6. The van der Waals surface area contributed by atoms with E-state index in [1.807, 2.05) is 70.4 Å². The van der Waals surface area contributed by atoms with Crippen molar-refractivity contribution in [3.05, 3.63) is 170 Å². The Labute approximate surface area is 343 Å². The van der Waals surface area contributed by atoms with Gasteiger partial charge in [-0.3, -0.25) is 0 Å². The molecule has 0 amide bonds. The van der Waals surface area contributed by atoms with Gasteiger partial charge in [-0.1, -0.05) is 127 Å². The van der Waals surface area contributed by atoms with Crippen molar-refractivity contribution >= 4 is 116 Å². The third kappa shape index (κ3) is 4.69. The van der Waals surface area contributed by atoms with Gasteiger partial charge >= 0.3 is 0 Å². The zero-order valence-electron chi connectivity index (χ0n) is 30.7. The number of fused-ring (bicyclic) bond motifs is 14. The first-order chi connectivity index (χ1) is 28.7. The van der Waals surface area contributed by atoms with Crippen LogP contribution in [-0.2, 0) is 0 Å². The molecule has 0 unspecified atom stereocenters. The first kappa shape index (κ1) is 32.3.